The molecular weight excluding hydrogens is 510 g/mol. The summed E-state index contributed by atoms with van der Waals surface area (Å²) in [6.45, 7) is 0. The largest absolute Gasteiger partial charge is 0 e. The zero-order chi connectivity index (χ0) is 0. The van der Waals surface area contributed by atoms with Gasteiger partial charge in [-0.05, 0) is 0 Å². The Balaban J connectivity index is 0. The second kappa shape index (κ2) is 24.8. The van der Waals surface area contributed by atoms with Crippen LogP contribution in [0.25, 0.3) is 0 Å². The summed E-state index contributed by atoms with van der Waals surface area (Å²) >= 11 is 0. The number of rotatable bonds is 0. The Bertz CT molecular complexity index is 11.6. The van der Waals surface area contributed by atoms with Gasteiger partial charge >= 0.3 is 0 Å². The van der Waals surface area contributed by atoms with Crippen molar-refractivity contribution >= 4 is 24.4 Å². The summed E-state index contributed by atoms with van der Waals surface area (Å²) in [5.41, 5.74) is 0. The molecule has 0 aromatic carbocycles. The van der Waals surface area contributed by atoms with Gasteiger partial charge in [-0.1, -0.05) is 0 Å². The maximum atomic E-state index is 0. The van der Waals surface area contributed by atoms with Crippen molar-refractivity contribution in [3.05, 3.63) is 0 Å². The average molecular weight is 510 g/mol. The molecule has 0 aliphatic carbocycles. The molecule has 0 atom stereocenters. The van der Waals surface area contributed by atoms with Crippen LogP contribution in [0, 0.1) is 0 Å². The molecule has 0 bridgehead atoms. The van der Waals surface area contributed by atoms with E-state index in [1.54, 1.807) is 0 Å². The van der Waals surface area contributed by atoms with Gasteiger partial charge in [0, 0.05) is 116 Å². The molecule has 0 fully saturated rings. The van der Waals surface area contributed by atoms with Crippen molar-refractivity contribution in [2.75, 3.05) is 0 Å². The summed E-state index contributed by atoms with van der Waals surface area (Å²) in [5, 5.41) is 0. The van der Waals surface area contributed by atoms with E-state index in [-0.39, 0.29) is 116 Å². The molecule has 0 aromatic heterocycles. The molecule has 0 unspecified atom stereocenters. The van der Waals surface area contributed by atoms with Crippen molar-refractivity contribution < 1.29 is 92.0 Å². The third kappa shape index (κ3) is 18.1. The van der Waals surface area contributed by atoms with Crippen LogP contribution in [0.1, 0.15) is 0 Å². The molecule has 0 amide bonds. The van der Waals surface area contributed by atoms with Gasteiger partial charge in [-0.2, -0.15) is 0 Å². The quantitative estimate of drug-likeness (QED) is 0.391. The third-order valence-electron chi connectivity index (χ3n) is 0. The summed E-state index contributed by atoms with van der Waals surface area (Å²) in [6.07, 6.45) is 0. The van der Waals surface area contributed by atoms with Crippen LogP contribution in [0.15, 0.2) is 0 Å². The topological polar surface area (TPSA) is 0 Å². The SMILES string of the molecule is [Ag].[Mo].[Nb].[Sb].[Zr]. The monoisotopic (exact) mass is 509 g/mol. The summed E-state index contributed by atoms with van der Waals surface area (Å²) in [6, 6.07) is 0. The van der Waals surface area contributed by atoms with E-state index in [9.17, 15) is 0 Å². The summed E-state index contributed by atoms with van der Waals surface area (Å²) in [4.78, 5) is 0. The summed E-state index contributed by atoms with van der Waals surface area (Å²) in [5.74, 6) is 0. The second-order valence-corrected chi connectivity index (χ2v) is 0. The Morgan fingerprint density at radius 1 is 1.00 bits per heavy atom. The van der Waals surface area contributed by atoms with Crippen LogP contribution in [0.4, 0.5) is 0 Å². The van der Waals surface area contributed by atoms with Crippen molar-refractivity contribution in [2.24, 2.45) is 0 Å². The van der Waals surface area contributed by atoms with E-state index in [1.165, 1.54) is 0 Å². The molecule has 0 spiro atoms. The standard InChI is InChI=1S/Ag.Mo.Nb.Sb.Zr. The van der Waals surface area contributed by atoms with Gasteiger partial charge in [0.05, 0.1) is 0 Å². The average Bonchev–Trinajstić information content (AvgIpc) is 0. The molecule has 5 heavy (non-hydrogen) atoms. The number of hydrogen-bond donors (Lipinski definition) is 0. The zero-order valence-corrected chi connectivity index (χ0v) is 12.8. The minimum Gasteiger partial charge on any atom is 0 e. The fourth-order valence-electron chi connectivity index (χ4n) is 0. The van der Waals surface area contributed by atoms with Crippen LogP contribution in [0.2, 0.25) is 0 Å². The van der Waals surface area contributed by atoms with Crippen molar-refractivity contribution in [3.8, 4) is 0 Å². The molecule has 0 aromatic rings. The smallest absolute Gasteiger partial charge is 0 e. The second-order valence-electron chi connectivity index (χ2n) is 0. The number of hydrogen-bond acceptors (Lipinski definition) is 0. The van der Waals surface area contributed by atoms with Gasteiger partial charge < -0.3 is 0 Å². The molecule has 31 valence electrons. The van der Waals surface area contributed by atoms with Crippen molar-refractivity contribution in [1.82, 2.24) is 0 Å². The Labute approximate surface area is 114 Å². The maximum absolute atomic E-state index is 0. The molecule has 0 nitrogen and oxygen atoms in total. The molecule has 0 aliphatic rings. The van der Waals surface area contributed by atoms with Crippen LogP contribution in [0.3, 0.4) is 0 Å². The molecule has 0 rings (SSSR count). The van der Waals surface area contributed by atoms with E-state index in [0.29, 0.717) is 0 Å². The summed E-state index contributed by atoms with van der Waals surface area (Å²) < 4.78 is 0. The van der Waals surface area contributed by atoms with Crippen LogP contribution in [0.5, 0.6) is 0 Å². The van der Waals surface area contributed by atoms with Crippen molar-refractivity contribution in [2.45, 2.75) is 0 Å². The van der Waals surface area contributed by atoms with Crippen LogP contribution < -0.4 is 0 Å². The van der Waals surface area contributed by atoms with Crippen LogP contribution in [-0.4, -0.2) is 24.4 Å². The zero-order valence-electron chi connectivity index (χ0n) is 2.10. The fraction of sp³-hybridized carbons (Fsp3) is 0. The van der Waals surface area contributed by atoms with Gasteiger partial charge in [-0.15, -0.1) is 0 Å². The molecule has 0 aliphatic heterocycles. The Hall–Kier alpha value is 3.87. The molecule has 0 heterocycles. The molecule has 0 saturated heterocycles. The van der Waals surface area contributed by atoms with E-state index in [0.717, 1.165) is 0 Å². The minimum absolute atomic E-state index is 0. The first-order chi connectivity index (χ1) is 0. The van der Waals surface area contributed by atoms with Gasteiger partial charge in [0.2, 0.25) is 0 Å². The first kappa shape index (κ1) is 36.7. The van der Waals surface area contributed by atoms with E-state index in [4.69, 9.17) is 0 Å². The third-order valence-corrected chi connectivity index (χ3v) is 0. The van der Waals surface area contributed by atoms with Crippen LogP contribution in [-0.2, 0) is 92.0 Å². The molecule has 0 N–H and O–H groups in total. The predicted molar refractivity (Wildman–Crippen MR) is 5.75 cm³/mol. The van der Waals surface area contributed by atoms with Gasteiger partial charge in [0.25, 0.3) is 0 Å². The van der Waals surface area contributed by atoms with E-state index >= 15 is 0 Å². The van der Waals surface area contributed by atoms with Gasteiger partial charge in [-0.3, -0.25) is 0 Å². The van der Waals surface area contributed by atoms with E-state index < -0.39 is 0 Å². The van der Waals surface area contributed by atoms with Gasteiger partial charge in [0.15, 0.2) is 0 Å². The summed E-state index contributed by atoms with van der Waals surface area (Å²) in [7, 11) is 0. The predicted octanol–water partition coefficient (Wildman–Crippen LogP) is -0.391. The fourth-order valence-corrected chi connectivity index (χ4v) is 0. The normalized spacial score (nSPS) is 0. The first-order valence-electron chi connectivity index (χ1n) is 0. The van der Waals surface area contributed by atoms with Gasteiger partial charge in [-0.25, -0.2) is 0 Å². The van der Waals surface area contributed by atoms with Crippen LogP contribution >= 0.6 is 0 Å². The Morgan fingerprint density at radius 3 is 1.00 bits per heavy atom. The van der Waals surface area contributed by atoms with Gasteiger partial charge in [0.1, 0.15) is 0 Å². The Morgan fingerprint density at radius 2 is 1.00 bits per heavy atom. The minimum atomic E-state index is 0. The molecular formula is AgMoNbSbZr. The van der Waals surface area contributed by atoms with E-state index in [2.05, 4.69) is 0 Å². The first-order valence-corrected chi connectivity index (χ1v) is 0. The van der Waals surface area contributed by atoms with Crippen molar-refractivity contribution in [1.29, 1.82) is 0 Å². The maximum Gasteiger partial charge on any atom is 0 e. The molecule has 0 saturated carbocycles. The molecule has 5 radical (unpaired) electrons. The van der Waals surface area contributed by atoms with E-state index in [1.807, 2.05) is 0 Å². The Kier molecular flexibility index (Phi) is 182. The molecule has 5 heteroatoms. The van der Waals surface area contributed by atoms with Crippen molar-refractivity contribution in [3.63, 3.8) is 0 Å².